The number of amidine groups is 1. The van der Waals surface area contributed by atoms with Gasteiger partial charge in [-0.1, -0.05) is 47.6 Å². The van der Waals surface area contributed by atoms with Crippen LogP contribution in [0.25, 0.3) is 0 Å². The molecule has 3 N–H and O–H groups in total. The molecule has 1 fully saturated rings. The van der Waals surface area contributed by atoms with Gasteiger partial charge < -0.3 is 15.7 Å². The lowest BCUT2D eigenvalue weighted by molar-refractivity contribution is -0.0673. The first-order chi connectivity index (χ1) is 12.9. The van der Waals surface area contributed by atoms with Crippen molar-refractivity contribution < 1.29 is 9.94 Å². The van der Waals surface area contributed by atoms with E-state index in [-0.39, 0.29) is 17.1 Å². The lowest BCUT2D eigenvalue weighted by Crippen LogP contribution is -2.54. The van der Waals surface area contributed by atoms with Crippen molar-refractivity contribution in [3.63, 3.8) is 0 Å². The van der Waals surface area contributed by atoms with Crippen molar-refractivity contribution in [3.8, 4) is 0 Å². The summed E-state index contributed by atoms with van der Waals surface area (Å²) < 4.78 is 6.27. The van der Waals surface area contributed by atoms with Crippen molar-refractivity contribution >= 4 is 5.84 Å². The molecule has 142 valence electrons. The van der Waals surface area contributed by atoms with Crippen molar-refractivity contribution in [1.29, 1.82) is 0 Å². The molecule has 1 saturated heterocycles. The van der Waals surface area contributed by atoms with E-state index < -0.39 is 0 Å². The Morgan fingerprint density at radius 1 is 1.19 bits per heavy atom. The van der Waals surface area contributed by atoms with E-state index in [4.69, 9.17) is 15.7 Å². The molecule has 0 amide bonds. The molecule has 4 rings (SSSR count). The highest BCUT2D eigenvalue weighted by Crippen LogP contribution is 2.44. The van der Waals surface area contributed by atoms with Crippen LogP contribution in [0.2, 0.25) is 0 Å². The number of nitrogens with two attached hydrogens (primary N) is 1. The Bertz CT molecular complexity index is 863. The minimum Gasteiger partial charge on any atom is -0.409 e. The number of oxime groups is 1. The first-order valence-electron chi connectivity index (χ1n) is 9.49. The van der Waals surface area contributed by atoms with Crippen LogP contribution in [-0.2, 0) is 24.1 Å². The smallest absolute Gasteiger partial charge is 0.170 e. The van der Waals surface area contributed by atoms with Crippen LogP contribution in [0.15, 0.2) is 53.7 Å². The lowest BCUT2D eigenvalue weighted by atomic mass is 9.76. The molecule has 1 spiro atoms. The standard InChI is InChI=1S/C22H27N3O2/c1-21(2)25(14-16-6-4-3-5-7-16)22(15-27-21)11-10-17-8-9-18(20(23)24-26)12-19(17)13-22/h3-9,12,26H,10-11,13-15H2,1-2H3,(H2,23,24). The molecule has 0 saturated carbocycles. The minimum atomic E-state index is -0.309. The molecule has 5 nitrogen and oxygen atoms in total. The van der Waals surface area contributed by atoms with Crippen LogP contribution in [0.1, 0.15) is 42.5 Å². The molecule has 2 aliphatic rings. The second kappa shape index (κ2) is 6.66. The van der Waals surface area contributed by atoms with Gasteiger partial charge in [0.2, 0.25) is 0 Å². The van der Waals surface area contributed by atoms with Crippen LogP contribution < -0.4 is 5.73 Å². The van der Waals surface area contributed by atoms with Crippen LogP contribution in [0, 0.1) is 0 Å². The van der Waals surface area contributed by atoms with Gasteiger partial charge in [0.15, 0.2) is 5.84 Å². The first kappa shape index (κ1) is 18.0. The molecule has 1 atom stereocenters. The Labute approximate surface area is 160 Å². The third-order valence-corrected chi connectivity index (χ3v) is 6.09. The third-order valence-electron chi connectivity index (χ3n) is 6.09. The van der Waals surface area contributed by atoms with Crippen LogP contribution in [0.4, 0.5) is 0 Å². The fourth-order valence-corrected chi connectivity index (χ4v) is 4.58. The Morgan fingerprint density at radius 2 is 1.96 bits per heavy atom. The molecule has 5 heteroatoms. The summed E-state index contributed by atoms with van der Waals surface area (Å²) >= 11 is 0. The zero-order chi connectivity index (χ0) is 19.1. The molecule has 0 radical (unpaired) electrons. The fourth-order valence-electron chi connectivity index (χ4n) is 4.58. The van der Waals surface area contributed by atoms with Gasteiger partial charge in [-0.15, -0.1) is 0 Å². The topological polar surface area (TPSA) is 71.1 Å². The third kappa shape index (κ3) is 3.22. The highest BCUT2D eigenvalue weighted by atomic mass is 16.5. The van der Waals surface area contributed by atoms with Crippen molar-refractivity contribution in [2.24, 2.45) is 10.9 Å². The number of hydrogen-bond donors (Lipinski definition) is 2. The van der Waals surface area contributed by atoms with Crippen molar-refractivity contribution in [2.45, 2.75) is 50.9 Å². The quantitative estimate of drug-likeness (QED) is 0.379. The van der Waals surface area contributed by atoms with E-state index in [0.29, 0.717) is 0 Å². The highest BCUT2D eigenvalue weighted by molar-refractivity contribution is 5.97. The maximum atomic E-state index is 9.01. The predicted molar refractivity (Wildman–Crippen MR) is 106 cm³/mol. The zero-order valence-electron chi connectivity index (χ0n) is 16.0. The van der Waals surface area contributed by atoms with Gasteiger partial charge in [0.25, 0.3) is 0 Å². The average Bonchev–Trinajstić information content (AvgIpc) is 2.92. The summed E-state index contributed by atoms with van der Waals surface area (Å²) in [5.41, 5.74) is 10.1. The number of fused-ring (bicyclic) bond motifs is 1. The van der Waals surface area contributed by atoms with Gasteiger partial charge in [-0.3, -0.25) is 4.90 Å². The Kier molecular flexibility index (Phi) is 4.44. The number of nitrogens with zero attached hydrogens (tertiary/aromatic N) is 2. The largest absolute Gasteiger partial charge is 0.409 e. The molecule has 0 aromatic heterocycles. The first-order valence-corrected chi connectivity index (χ1v) is 9.49. The monoisotopic (exact) mass is 365 g/mol. The van der Waals surface area contributed by atoms with Gasteiger partial charge in [-0.2, -0.15) is 0 Å². The number of rotatable bonds is 3. The summed E-state index contributed by atoms with van der Waals surface area (Å²) in [5.74, 6) is 0.154. The van der Waals surface area contributed by atoms with E-state index >= 15 is 0 Å². The molecule has 2 aromatic carbocycles. The van der Waals surface area contributed by atoms with Crippen LogP contribution in [-0.4, -0.2) is 33.8 Å². The van der Waals surface area contributed by atoms with Crippen molar-refractivity contribution in [3.05, 3.63) is 70.8 Å². The Hall–Kier alpha value is -2.37. The zero-order valence-corrected chi connectivity index (χ0v) is 16.0. The second-order valence-electron chi connectivity index (χ2n) is 8.18. The summed E-state index contributed by atoms with van der Waals surface area (Å²) in [6, 6.07) is 16.7. The fraction of sp³-hybridized carbons (Fsp3) is 0.409. The molecular weight excluding hydrogens is 338 g/mol. The van der Waals surface area contributed by atoms with Gasteiger partial charge in [0.1, 0.15) is 5.72 Å². The molecule has 0 bridgehead atoms. The van der Waals surface area contributed by atoms with Crippen LogP contribution in [0.5, 0.6) is 0 Å². The van der Waals surface area contributed by atoms with Crippen LogP contribution >= 0.6 is 0 Å². The highest BCUT2D eigenvalue weighted by Gasteiger charge is 2.52. The van der Waals surface area contributed by atoms with E-state index in [0.717, 1.165) is 38.0 Å². The molecule has 2 aromatic rings. The van der Waals surface area contributed by atoms with Crippen molar-refractivity contribution in [1.82, 2.24) is 4.90 Å². The predicted octanol–water partition coefficient (Wildman–Crippen LogP) is 3.28. The Balaban J connectivity index is 1.68. The molecule has 1 unspecified atom stereocenters. The normalized spacial score (nSPS) is 24.9. The molecular formula is C22H27N3O2. The lowest BCUT2D eigenvalue weighted by Gasteiger charge is -2.45. The maximum Gasteiger partial charge on any atom is 0.170 e. The number of benzene rings is 2. The van der Waals surface area contributed by atoms with E-state index in [1.54, 1.807) is 0 Å². The molecule has 1 aliphatic heterocycles. The van der Waals surface area contributed by atoms with Crippen molar-refractivity contribution in [2.75, 3.05) is 6.61 Å². The molecule has 1 heterocycles. The van der Waals surface area contributed by atoms with E-state index in [1.807, 2.05) is 6.07 Å². The molecule has 27 heavy (non-hydrogen) atoms. The number of ether oxygens (including phenoxy) is 1. The summed E-state index contributed by atoms with van der Waals surface area (Å²) in [5, 5.41) is 12.2. The van der Waals surface area contributed by atoms with Gasteiger partial charge in [0, 0.05) is 12.1 Å². The minimum absolute atomic E-state index is 0.0317. The Morgan fingerprint density at radius 3 is 2.70 bits per heavy atom. The summed E-state index contributed by atoms with van der Waals surface area (Å²) in [6.45, 7) is 5.91. The second-order valence-corrected chi connectivity index (χ2v) is 8.18. The van der Waals surface area contributed by atoms with Crippen LogP contribution in [0.3, 0.4) is 0 Å². The van der Waals surface area contributed by atoms with Gasteiger partial charge >= 0.3 is 0 Å². The molecule has 1 aliphatic carbocycles. The summed E-state index contributed by atoms with van der Waals surface area (Å²) in [4.78, 5) is 2.52. The SMILES string of the molecule is CC1(C)OCC2(CCc3ccc(/C(N)=N\O)cc3C2)N1Cc1ccccc1. The maximum absolute atomic E-state index is 9.01. The summed E-state index contributed by atoms with van der Waals surface area (Å²) in [7, 11) is 0. The van der Waals surface area contributed by atoms with Gasteiger partial charge in [-0.05, 0) is 55.9 Å². The number of aryl methyl sites for hydroxylation is 1. The van der Waals surface area contributed by atoms with Gasteiger partial charge in [0.05, 0.1) is 12.1 Å². The van der Waals surface area contributed by atoms with Gasteiger partial charge in [-0.25, -0.2) is 0 Å². The average molecular weight is 365 g/mol. The number of hydrogen-bond acceptors (Lipinski definition) is 4. The van der Waals surface area contributed by atoms with E-state index in [1.165, 1.54) is 16.7 Å². The van der Waals surface area contributed by atoms with E-state index in [9.17, 15) is 0 Å². The summed E-state index contributed by atoms with van der Waals surface area (Å²) in [6.07, 6.45) is 2.99. The van der Waals surface area contributed by atoms with E-state index in [2.05, 4.69) is 66.4 Å².